The molecule has 1 aliphatic rings. The average Bonchev–Trinajstić information content (AvgIpc) is 2.41. The molecule has 0 bridgehead atoms. The standard InChI is InChI=1S/C14H16ClFN2O3/c1-8-6-18(7-9(2)21-8)14(20)13(19)17-10-3-4-12(16)11(15)5-10/h3-5,8-9H,6-7H2,1-2H3,(H,17,19). The second-order valence-corrected chi connectivity index (χ2v) is 5.46. The number of carbonyl (C=O) groups is 2. The predicted molar refractivity (Wildman–Crippen MR) is 76.6 cm³/mol. The summed E-state index contributed by atoms with van der Waals surface area (Å²) in [5.41, 5.74) is 0.272. The van der Waals surface area contributed by atoms with Crippen molar-refractivity contribution >= 4 is 29.1 Å². The average molecular weight is 315 g/mol. The van der Waals surface area contributed by atoms with Crippen LogP contribution in [0.2, 0.25) is 5.02 Å². The molecule has 2 amide bonds. The number of hydrogen-bond acceptors (Lipinski definition) is 3. The van der Waals surface area contributed by atoms with Crippen LogP contribution in [0.15, 0.2) is 18.2 Å². The number of benzene rings is 1. The maximum atomic E-state index is 13.0. The number of carbonyl (C=O) groups excluding carboxylic acids is 2. The van der Waals surface area contributed by atoms with Gasteiger partial charge in [-0.15, -0.1) is 0 Å². The van der Waals surface area contributed by atoms with Crippen molar-refractivity contribution in [2.45, 2.75) is 26.1 Å². The van der Waals surface area contributed by atoms with E-state index in [1.54, 1.807) is 0 Å². The highest BCUT2D eigenvalue weighted by Gasteiger charge is 2.29. The highest BCUT2D eigenvalue weighted by molar-refractivity contribution is 6.39. The molecular formula is C14H16ClFN2O3. The number of hydrogen-bond donors (Lipinski definition) is 1. The molecule has 1 aromatic carbocycles. The predicted octanol–water partition coefficient (Wildman–Crippen LogP) is 2.05. The van der Waals surface area contributed by atoms with Crippen LogP contribution in [-0.4, -0.2) is 42.0 Å². The Balaban J connectivity index is 2.02. The zero-order valence-electron chi connectivity index (χ0n) is 11.7. The van der Waals surface area contributed by atoms with E-state index in [0.29, 0.717) is 13.1 Å². The summed E-state index contributed by atoms with van der Waals surface area (Å²) in [6.45, 7) is 4.41. The molecular weight excluding hydrogens is 299 g/mol. The second-order valence-electron chi connectivity index (χ2n) is 5.05. The zero-order valence-corrected chi connectivity index (χ0v) is 12.5. The van der Waals surface area contributed by atoms with Crippen LogP contribution in [-0.2, 0) is 14.3 Å². The first-order chi connectivity index (χ1) is 9.86. The first kappa shape index (κ1) is 15.7. The van der Waals surface area contributed by atoms with Crippen molar-refractivity contribution in [1.82, 2.24) is 4.90 Å². The van der Waals surface area contributed by atoms with Gasteiger partial charge in [-0.1, -0.05) is 11.6 Å². The normalized spacial score (nSPS) is 22.0. The fraction of sp³-hybridized carbons (Fsp3) is 0.429. The van der Waals surface area contributed by atoms with Crippen LogP contribution in [0.25, 0.3) is 0 Å². The van der Waals surface area contributed by atoms with Crippen LogP contribution in [0.4, 0.5) is 10.1 Å². The molecule has 0 saturated carbocycles. The number of halogens is 2. The molecule has 1 heterocycles. The van der Waals surface area contributed by atoms with Gasteiger partial charge in [0, 0.05) is 18.8 Å². The monoisotopic (exact) mass is 314 g/mol. The minimum absolute atomic E-state index is 0.117. The third-order valence-electron chi connectivity index (χ3n) is 3.08. The van der Waals surface area contributed by atoms with Crippen molar-refractivity contribution in [2.75, 3.05) is 18.4 Å². The van der Waals surface area contributed by atoms with E-state index in [1.165, 1.54) is 17.0 Å². The third kappa shape index (κ3) is 3.92. The molecule has 1 saturated heterocycles. The highest BCUT2D eigenvalue weighted by Crippen LogP contribution is 2.19. The van der Waals surface area contributed by atoms with E-state index in [2.05, 4.69) is 5.32 Å². The molecule has 114 valence electrons. The van der Waals surface area contributed by atoms with Crippen molar-refractivity contribution in [3.63, 3.8) is 0 Å². The summed E-state index contributed by atoms with van der Waals surface area (Å²) in [4.78, 5) is 25.5. The minimum Gasteiger partial charge on any atom is -0.372 e. The summed E-state index contributed by atoms with van der Waals surface area (Å²) in [5.74, 6) is -2.01. The van der Waals surface area contributed by atoms with Gasteiger partial charge >= 0.3 is 11.8 Å². The van der Waals surface area contributed by atoms with Gasteiger partial charge in [-0.05, 0) is 32.0 Å². The molecule has 0 spiro atoms. The van der Waals surface area contributed by atoms with Crippen LogP contribution < -0.4 is 5.32 Å². The molecule has 0 radical (unpaired) electrons. The minimum atomic E-state index is -0.779. The van der Waals surface area contributed by atoms with Crippen molar-refractivity contribution < 1.29 is 18.7 Å². The number of amides is 2. The second kappa shape index (κ2) is 6.41. The van der Waals surface area contributed by atoms with E-state index in [9.17, 15) is 14.0 Å². The number of anilines is 1. The molecule has 1 aromatic rings. The SMILES string of the molecule is CC1CN(C(=O)C(=O)Nc2ccc(F)c(Cl)c2)CC(C)O1. The van der Waals surface area contributed by atoms with Gasteiger partial charge in [-0.3, -0.25) is 9.59 Å². The van der Waals surface area contributed by atoms with E-state index < -0.39 is 17.6 Å². The number of morpholine rings is 1. The Bertz CT molecular complexity index is 557. The first-order valence-corrected chi connectivity index (χ1v) is 6.95. The quantitative estimate of drug-likeness (QED) is 0.807. The molecule has 2 rings (SSSR count). The number of nitrogens with one attached hydrogen (secondary N) is 1. The Morgan fingerprint density at radius 1 is 1.33 bits per heavy atom. The Kier molecular flexibility index (Phi) is 4.80. The molecule has 0 aliphatic carbocycles. The molecule has 5 nitrogen and oxygen atoms in total. The van der Waals surface area contributed by atoms with Crippen molar-refractivity contribution in [3.8, 4) is 0 Å². The van der Waals surface area contributed by atoms with Gasteiger partial charge in [0.05, 0.1) is 17.2 Å². The molecule has 2 unspecified atom stereocenters. The van der Waals surface area contributed by atoms with Crippen LogP contribution in [0.3, 0.4) is 0 Å². The number of nitrogens with zero attached hydrogens (tertiary/aromatic N) is 1. The maximum absolute atomic E-state index is 13.0. The molecule has 2 atom stereocenters. The molecule has 7 heteroatoms. The lowest BCUT2D eigenvalue weighted by Crippen LogP contribution is -2.51. The Morgan fingerprint density at radius 2 is 1.95 bits per heavy atom. The van der Waals surface area contributed by atoms with Crippen molar-refractivity contribution in [2.24, 2.45) is 0 Å². The molecule has 1 N–H and O–H groups in total. The van der Waals surface area contributed by atoms with E-state index in [-0.39, 0.29) is 22.9 Å². The smallest absolute Gasteiger partial charge is 0.313 e. The van der Waals surface area contributed by atoms with Crippen LogP contribution >= 0.6 is 11.6 Å². The van der Waals surface area contributed by atoms with Gasteiger partial charge in [-0.25, -0.2) is 4.39 Å². The van der Waals surface area contributed by atoms with Crippen LogP contribution in [0.5, 0.6) is 0 Å². The van der Waals surface area contributed by atoms with Crippen molar-refractivity contribution in [1.29, 1.82) is 0 Å². The van der Waals surface area contributed by atoms with Crippen LogP contribution in [0.1, 0.15) is 13.8 Å². The number of rotatable bonds is 1. The van der Waals surface area contributed by atoms with Crippen molar-refractivity contribution in [3.05, 3.63) is 29.0 Å². The maximum Gasteiger partial charge on any atom is 0.313 e. The Morgan fingerprint density at radius 3 is 2.52 bits per heavy atom. The number of ether oxygens (including phenoxy) is 1. The van der Waals surface area contributed by atoms with Gasteiger partial charge < -0.3 is 15.0 Å². The van der Waals surface area contributed by atoms with E-state index in [4.69, 9.17) is 16.3 Å². The molecule has 0 aromatic heterocycles. The lowest BCUT2D eigenvalue weighted by atomic mass is 10.2. The van der Waals surface area contributed by atoms with Gasteiger partial charge in [0.25, 0.3) is 0 Å². The summed E-state index contributed by atoms with van der Waals surface area (Å²) in [6.07, 6.45) is -0.239. The summed E-state index contributed by atoms with van der Waals surface area (Å²) >= 11 is 5.63. The fourth-order valence-electron chi connectivity index (χ4n) is 2.25. The zero-order chi connectivity index (χ0) is 15.6. The van der Waals surface area contributed by atoms with Gasteiger partial charge in [-0.2, -0.15) is 0 Å². The Labute approximate surface area is 127 Å². The highest BCUT2D eigenvalue weighted by atomic mass is 35.5. The summed E-state index contributed by atoms with van der Waals surface area (Å²) < 4.78 is 18.5. The van der Waals surface area contributed by atoms with Crippen LogP contribution in [0, 0.1) is 5.82 Å². The Hall–Kier alpha value is -1.66. The lowest BCUT2D eigenvalue weighted by Gasteiger charge is -2.34. The largest absolute Gasteiger partial charge is 0.372 e. The summed E-state index contributed by atoms with van der Waals surface area (Å²) in [5, 5.41) is 2.30. The van der Waals surface area contributed by atoms with E-state index in [0.717, 1.165) is 6.07 Å². The summed E-state index contributed by atoms with van der Waals surface area (Å²) in [6, 6.07) is 3.73. The molecule has 21 heavy (non-hydrogen) atoms. The van der Waals surface area contributed by atoms with E-state index >= 15 is 0 Å². The van der Waals surface area contributed by atoms with E-state index in [1.807, 2.05) is 13.8 Å². The van der Waals surface area contributed by atoms with Gasteiger partial charge in [0.2, 0.25) is 0 Å². The molecule has 1 fully saturated rings. The fourth-order valence-corrected chi connectivity index (χ4v) is 2.43. The van der Waals surface area contributed by atoms with Gasteiger partial charge in [0.15, 0.2) is 0 Å². The first-order valence-electron chi connectivity index (χ1n) is 6.57. The topological polar surface area (TPSA) is 58.6 Å². The lowest BCUT2D eigenvalue weighted by molar-refractivity contribution is -0.151. The summed E-state index contributed by atoms with van der Waals surface area (Å²) in [7, 11) is 0. The molecule has 1 aliphatic heterocycles. The third-order valence-corrected chi connectivity index (χ3v) is 3.37. The van der Waals surface area contributed by atoms with Gasteiger partial charge in [0.1, 0.15) is 5.82 Å².